The van der Waals surface area contributed by atoms with Crippen LogP contribution >= 0.6 is 0 Å². The third kappa shape index (κ3) is 4.56. The molecular formula is C24H29NO6. The van der Waals surface area contributed by atoms with E-state index in [1.165, 1.54) is 22.3 Å². The zero-order chi connectivity index (χ0) is 21.8. The van der Waals surface area contributed by atoms with Gasteiger partial charge in [0.25, 0.3) is 0 Å². The van der Waals surface area contributed by atoms with Gasteiger partial charge in [0, 0.05) is 18.9 Å². The fourth-order valence-corrected chi connectivity index (χ4v) is 4.46. The summed E-state index contributed by atoms with van der Waals surface area (Å²) in [6.45, 7) is 1.59. The van der Waals surface area contributed by atoms with Crippen LogP contribution in [0.25, 0.3) is 0 Å². The van der Waals surface area contributed by atoms with Crippen molar-refractivity contribution in [2.75, 3.05) is 41.1 Å². The SMILES string of the molecule is COc1cc(CC2NCCc3cc4c(cc32)CCOC(=O)OCC4)cc(OC)c1OC. The lowest BCUT2D eigenvalue weighted by Crippen LogP contribution is -2.31. The molecule has 7 heteroatoms. The number of methoxy groups -OCH3 is 3. The molecule has 1 N–H and O–H groups in total. The molecule has 0 aromatic heterocycles. The van der Waals surface area contributed by atoms with Crippen molar-refractivity contribution in [2.24, 2.45) is 0 Å². The van der Waals surface area contributed by atoms with E-state index >= 15 is 0 Å². The number of benzene rings is 2. The maximum atomic E-state index is 11.5. The number of rotatable bonds is 5. The molecule has 1 unspecified atom stereocenters. The highest BCUT2D eigenvalue weighted by Gasteiger charge is 2.24. The Bertz CT molecular complexity index is 932. The molecule has 0 amide bonds. The standard InChI is InChI=1S/C24H29NO6/c1-27-21-11-15(12-22(28-2)23(21)29-3)10-20-19-14-17-6-9-31-24(26)30-8-5-16(17)13-18(19)4-7-25-20/h11-14,20,25H,4-10H2,1-3H3. The average Bonchev–Trinajstić information content (AvgIpc) is 2.87. The predicted molar refractivity (Wildman–Crippen MR) is 115 cm³/mol. The summed E-state index contributed by atoms with van der Waals surface area (Å²) < 4.78 is 26.8. The van der Waals surface area contributed by atoms with Crippen LogP contribution in [-0.4, -0.2) is 47.2 Å². The second-order valence-corrected chi connectivity index (χ2v) is 7.76. The van der Waals surface area contributed by atoms with Crippen LogP contribution < -0.4 is 19.5 Å². The molecular weight excluding hydrogens is 398 g/mol. The van der Waals surface area contributed by atoms with Crippen LogP contribution in [0, 0.1) is 0 Å². The van der Waals surface area contributed by atoms with Crippen molar-refractivity contribution < 1.29 is 28.5 Å². The molecule has 0 bridgehead atoms. The van der Waals surface area contributed by atoms with Gasteiger partial charge in [-0.05, 0) is 59.3 Å². The number of cyclic esters (lactones) is 2. The second kappa shape index (κ2) is 9.47. The zero-order valence-electron chi connectivity index (χ0n) is 18.3. The van der Waals surface area contributed by atoms with Gasteiger partial charge in [0.2, 0.25) is 5.75 Å². The van der Waals surface area contributed by atoms with Crippen molar-refractivity contribution in [3.63, 3.8) is 0 Å². The summed E-state index contributed by atoms with van der Waals surface area (Å²) in [7, 11) is 4.87. The van der Waals surface area contributed by atoms with Crippen LogP contribution in [-0.2, 0) is 35.2 Å². The van der Waals surface area contributed by atoms with Crippen molar-refractivity contribution >= 4 is 6.16 Å². The number of hydrogen-bond donors (Lipinski definition) is 1. The quantitative estimate of drug-likeness (QED) is 0.733. The van der Waals surface area contributed by atoms with Crippen LogP contribution in [0.2, 0.25) is 0 Å². The molecule has 7 nitrogen and oxygen atoms in total. The monoisotopic (exact) mass is 427 g/mol. The van der Waals surface area contributed by atoms with Crippen molar-refractivity contribution in [2.45, 2.75) is 31.7 Å². The third-order valence-electron chi connectivity index (χ3n) is 5.97. The summed E-state index contributed by atoms with van der Waals surface area (Å²) in [6.07, 6.45) is 2.59. The van der Waals surface area contributed by atoms with Crippen molar-refractivity contribution in [3.8, 4) is 17.2 Å². The lowest BCUT2D eigenvalue weighted by Gasteiger charge is -2.29. The lowest BCUT2D eigenvalue weighted by atomic mass is 9.86. The molecule has 4 rings (SSSR count). The first-order valence-corrected chi connectivity index (χ1v) is 10.6. The molecule has 166 valence electrons. The molecule has 2 aromatic rings. The van der Waals surface area contributed by atoms with Gasteiger partial charge in [-0.25, -0.2) is 4.79 Å². The van der Waals surface area contributed by atoms with E-state index < -0.39 is 6.16 Å². The summed E-state index contributed by atoms with van der Waals surface area (Å²) in [4.78, 5) is 11.5. The predicted octanol–water partition coefficient (Wildman–Crippen LogP) is 3.39. The maximum Gasteiger partial charge on any atom is 0.508 e. The number of carbonyl (C=O) groups excluding carboxylic acids is 1. The number of hydrogen-bond acceptors (Lipinski definition) is 7. The summed E-state index contributed by atoms with van der Waals surface area (Å²) in [5, 5.41) is 3.66. The van der Waals surface area contributed by atoms with Crippen LogP contribution in [0.5, 0.6) is 17.2 Å². The number of fused-ring (bicyclic) bond motifs is 2. The lowest BCUT2D eigenvalue weighted by molar-refractivity contribution is 0.0586. The zero-order valence-corrected chi connectivity index (χ0v) is 18.3. The molecule has 0 saturated heterocycles. The van der Waals surface area contributed by atoms with Gasteiger partial charge in [-0.15, -0.1) is 0 Å². The van der Waals surface area contributed by atoms with E-state index in [0.717, 1.165) is 24.9 Å². The average molecular weight is 427 g/mol. The third-order valence-corrected chi connectivity index (χ3v) is 5.97. The highest BCUT2D eigenvalue weighted by atomic mass is 16.7. The van der Waals surface area contributed by atoms with Gasteiger partial charge < -0.3 is 29.0 Å². The first-order valence-electron chi connectivity index (χ1n) is 10.6. The Morgan fingerprint density at radius 3 is 2.13 bits per heavy atom. The molecule has 0 fully saturated rings. The van der Waals surface area contributed by atoms with Gasteiger partial charge in [0.05, 0.1) is 34.5 Å². The Balaban J connectivity index is 1.64. The molecule has 0 spiro atoms. The Hall–Kier alpha value is -2.93. The van der Waals surface area contributed by atoms with Gasteiger partial charge in [-0.2, -0.15) is 0 Å². The van der Waals surface area contributed by atoms with Crippen LogP contribution in [0.1, 0.15) is 33.9 Å². The van der Waals surface area contributed by atoms with E-state index in [1.54, 1.807) is 21.3 Å². The van der Waals surface area contributed by atoms with E-state index in [9.17, 15) is 4.79 Å². The highest BCUT2D eigenvalue weighted by molar-refractivity contribution is 5.60. The van der Waals surface area contributed by atoms with E-state index in [1.807, 2.05) is 12.1 Å². The fraction of sp³-hybridized carbons (Fsp3) is 0.458. The minimum atomic E-state index is -0.584. The Kier molecular flexibility index (Phi) is 6.51. The first kappa shape index (κ1) is 21.3. The van der Waals surface area contributed by atoms with E-state index in [0.29, 0.717) is 43.3 Å². The fourth-order valence-electron chi connectivity index (χ4n) is 4.46. The molecule has 0 saturated carbocycles. The van der Waals surface area contributed by atoms with E-state index in [2.05, 4.69) is 17.4 Å². The van der Waals surface area contributed by atoms with Gasteiger partial charge in [0.15, 0.2) is 11.5 Å². The van der Waals surface area contributed by atoms with Crippen LogP contribution in [0.3, 0.4) is 0 Å². The van der Waals surface area contributed by atoms with Gasteiger partial charge in [-0.1, -0.05) is 12.1 Å². The smallest absolute Gasteiger partial charge is 0.493 e. The van der Waals surface area contributed by atoms with E-state index in [-0.39, 0.29) is 6.04 Å². The molecule has 0 radical (unpaired) electrons. The Labute approximate surface area is 182 Å². The minimum Gasteiger partial charge on any atom is -0.493 e. The molecule has 0 aliphatic carbocycles. The van der Waals surface area contributed by atoms with E-state index in [4.69, 9.17) is 23.7 Å². The van der Waals surface area contributed by atoms with Gasteiger partial charge in [-0.3, -0.25) is 0 Å². The number of nitrogens with one attached hydrogen (secondary N) is 1. The summed E-state index contributed by atoms with van der Waals surface area (Å²) in [5.74, 6) is 1.91. The minimum absolute atomic E-state index is 0.170. The normalized spacial score (nSPS) is 18.3. The van der Waals surface area contributed by atoms with Crippen molar-refractivity contribution in [3.05, 3.63) is 52.1 Å². The molecule has 2 aromatic carbocycles. The van der Waals surface area contributed by atoms with Crippen molar-refractivity contribution in [1.29, 1.82) is 0 Å². The Morgan fingerprint density at radius 1 is 0.871 bits per heavy atom. The Morgan fingerprint density at radius 2 is 1.52 bits per heavy atom. The molecule has 2 aliphatic rings. The van der Waals surface area contributed by atoms with Crippen molar-refractivity contribution in [1.82, 2.24) is 5.32 Å². The summed E-state index contributed by atoms with van der Waals surface area (Å²) >= 11 is 0. The maximum absolute atomic E-state index is 11.5. The summed E-state index contributed by atoms with van der Waals surface area (Å²) in [6, 6.07) is 8.74. The first-order chi connectivity index (χ1) is 15.1. The highest BCUT2D eigenvalue weighted by Crippen LogP contribution is 2.39. The summed E-state index contributed by atoms with van der Waals surface area (Å²) in [5.41, 5.74) is 6.21. The van der Waals surface area contributed by atoms with Gasteiger partial charge >= 0.3 is 6.16 Å². The number of ether oxygens (including phenoxy) is 5. The topological polar surface area (TPSA) is 75.3 Å². The van der Waals surface area contributed by atoms with Crippen LogP contribution in [0.15, 0.2) is 24.3 Å². The second-order valence-electron chi connectivity index (χ2n) is 7.76. The molecule has 2 aliphatic heterocycles. The largest absolute Gasteiger partial charge is 0.508 e. The molecule has 31 heavy (non-hydrogen) atoms. The molecule has 2 heterocycles. The van der Waals surface area contributed by atoms with Crippen LogP contribution in [0.4, 0.5) is 4.79 Å². The molecule has 1 atom stereocenters. The number of carbonyl (C=O) groups is 1. The van der Waals surface area contributed by atoms with Gasteiger partial charge in [0.1, 0.15) is 0 Å².